The number of aryl methyl sites for hydroxylation is 1. The highest BCUT2D eigenvalue weighted by Gasteiger charge is 2.30. The highest BCUT2D eigenvalue weighted by Crippen LogP contribution is 2.44. The van der Waals surface area contributed by atoms with Crippen LogP contribution < -0.4 is 10.1 Å². The molecule has 32 heavy (non-hydrogen) atoms. The predicted octanol–water partition coefficient (Wildman–Crippen LogP) is 4.54. The monoisotopic (exact) mass is 431 g/mol. The summed E-state index contributed by atoms with van der Waals surface area (Å²) in [4.78, 5) is 24.3. The van der Waals surface area contributed by atoms with Crippen LogP contribution in [-0.4, -0.2) is 36.9 Å². The minimum atomic E-state index is -1.12. The lowest BCUT2D eigenvalue weighted by Crippen LogP contribution is -2.43. The molecule has 4 rings (SSSR count). The molecule has 0 saturated heterocycles. The van der Waals surface area contributed by atoms with Gasteiger partial charge in [-0.1, -0.05) is 54.6 Å². The maximum absolute atomic E-state index is 12.5. The molecule has 1 aliphatic rings. The van der Waals surface area contributed by atoms with Crippen molar-refractivity contribution in [2.75, 3.05) is 13.7 Å². The first-order chi connectivity index (χ1) is 15.5. The Morgan fingerprint density at radius 1 is 1.00 bits per heavy atom. The van der Waals surface area contributed by atoms with Gasteiger partial charge in [0.15, 0.2) is 0 Å². The molecule has 6 heteroatoms. The summed E-state index contributed by atoms with van der Waals surface area (Å²) in [5.74, 6) is -0.575. The van der Waals surface area contributed by atoms with Crippen molar-refractivity contribution in [2.24, 2.45) is 0 Å². The van der Waals surface area contributed by atoms with E-state index in [0.29, 0.717) is 5.75 Å². The summed E-state index contributed by atoms with van der Waals surface area (Å²) >= 11 is 0. The average molecular weight is 431 g/mol. The van der Waals surface area contributed by atoms with Gasteiger partial charge in [0.2, 0.25) is 0 Å². The number of carbonyl (C=O) groups excluding carboxylic acids is 1. The zero-order valence-electron chi connectivity index (χ0n) is 18.0. The highest BCUT2D eigenvalue weighted by atomic mass is 16.5. The first-order valence-electron chi connectivity index (χ1n) is 10.5. The van der Waals surface area contributed by atoms with Gasteiger partial charge in [0, 0.05) is 12.3 Å². The van der Waals surface area contributed by atoms with Crippen LogP contribution in [0.4, 0.5) is 4.79 Å². The molecule has 164 valence electrons. The summed E-state index contributed by atoms with van der Waals surface area (Å²) in [6, 6.07) is 20.4. The Hall–Kier alpha value is -3.80. The van der Waals surface area contributed by atoms with Crippen LogP contribution in [0.2, 0.25) is 0 Å². The number of hydrogen-bond donors (Lipinski definition) is 2. The van der Waals surface area contributed by atoms with Crippen molar-refractivity contribution < 1.29 is 24.2 Å². The Kier molecular flexibility index (Phi) is 6.12. The summed E-state index contributed by atoms with van der Waals surface area (Å²) in [7, 11) is 1.55. The van der Waals surface area contributed by atoms with Gasteiger partial charge in [0.05, 0.1) is 7.11 Å². The van der Waals surface area contributed by atoms with Gasteiger partial charge in [-0.15, -0.1) is 0 Å². The number of hydrogen-bond acceptors (Lipinski definition) is 4. The summed E-state index contributed by atoms with van der Waals surface area (Å²) in [5.41, 5.74) is 6.18. The first-order valence-corrected chi connectivity index (χ1v) is 10.5. The second-order valence-corrected chi connectivity index (χ2v) is 7.86. The number of alkyl carbamates (subject to hydrolysis) is 1. The third-order valence-corrected chi connectivity index (χ3v) is 5.91. The molecule has 3 aromatic rings. The zero-order valence-corrected chi connectivity index (χ0v) is 18.0. The third-order valence-electron chi connectivity index (χ3n) is 5.91. The standard InChI is InChI=1S/C26H25NO5/c1-16-11-12-18(31-2)13-17(16)14-24(25(28)29)27-26(30)32-15-23-21-9-5-3-7-19(21)20-8-4-6-10-22(20)23/h3-13,23-24H,14-15H2,1-2H3,(H,27,30)(H,28,29)/t24-/m1/s1. The van der Waals surface area contributed by atoms with Gasteiger partial charge in [0.1, 0.15) is 18.4 Å². The van der Waals surface area contributed by atoms with Crippen molar-refractivity contribution in [3.63, 3.8) is 0 Å². The van der Waals surface area contributed by atoms with Gasteiger partial charge >= 0.3 is 12.1 Å². The lowest BCUT2D eigenvalue weighted by atomic mass is 9.98. The largest absolute Gasteiger partial charge is 0.497 e. The molecule has 0 radical (unpaired) electrons. The number of fused-ring (bicyclic) bond motifs is 3. The normalized spacial score (nSPS) is 13.1. The Morgan fingerprint density at radius 2 is 1.62 bits per heavy atom. The van der Waals surface area contributed by atoms with Crippen molar-refractivity contribution in [1.82, 2.24) is 5.32 Å². The molecule has 0 spiro atoms. The van der Waals surface area contributed by atoms with Crippen LogP contribution in [0.5, 0.6) is 5.75 Å². The van der Waals surface area contributed by atoms with Crippen molar-refractivity contribution in [3.05, 3.63) is 89.0 Å². The fourth-order valence-corrected chi connectivity index (χ4v) is 4.20. The fraction of sp³-hybridized carbons (Fsp3) is 0.231. The summed E-state index contributed by atoms with van der Waals surface area (Å²) < 4.78 is 10.7. The van der Waals surface area contributed by atoms with E-state index in [1.807, 2.05) is 55.5 Å². The van der Waals surface area contributed by atoms with E-state index in [2.05, 4.69) is 17.4 Å². The number of carbonyl (C=O) groups is 2. The Morgan fingerprint density at radius 3 is 2.22 bits per heavy atom. The molecule has 1 aliphatic carbocycles. The highest BCUT2D eigenvalue weighted by molar-refractivity contribution is 5.81. The third kappa shape index (κ3) is 4.30. The number of rotatable bonds is 7. The van der Waals surface area contributed by atoms with Crippen LogP contribution in [0.25, 0.3) is 11.1 Å². The summed E-state index contributed by atoms with van der Waals surface area (Å²) in [6.45, 7) is 2.02. The van der Waals surface area contributed by atoms with Crippen LogP contribution in [0.1, 0.15) is 28.2 Å². The topological polar surface area (TPSA) is 84.9 Å². The van der Waals surface area contributed by atoms with Crippen LogP contribution in [-0.2, 0) is 16.0 Å². The number of nitrogens with one attached hydrogen (secondary N) is 1. The number of benzene rings is 3. The van der Waals surface area contributed by atoms with E-state index in [1.54, 1.807) is 13.2 Å². The molecular weight excluding hydrogens is 406 g/mol. The quantitative estimate of drug-likeness (QED) is 0.574. The fourth-order valence-electron chi connectivity index (χ4n) is 4.20. The van der Waals surface area contributed by atoms with Crippen LogP contribution in [0.3, 0.4) is 0 Å². The first kappa shape index (κ1) is 21.4. The summed E-state index contributed by atoms with van der Waals surface area (Å²) in [5, 5.41) is 12.1. The molecule has 0 saturated carbocycles. The van der Waals surface area contributed by atoms with Gasteiger partial charge in [-0.05, 0) is 52.4 Å². The molecule has 0 fully saturated rings. The minimum Gasteiger partial charge on any atom is -0.497 e. The van der Waals surface area contributed by atoms with Crippen molar-refractivity contribution in [2.45, 2.75) is 25.3 Å². The molecule has 0 unspecified atom stereocenters. The number of amides is 1. The van der Waals surface area contributed by atoms with Crippen molar-refractivity contribution in [3.8, 4) is 16.9 Å². The molecular formula is C26H25NO5. The SMILES string of the molecule is COc1ccc(C)c(C[C@@H](NC(=O)OCC2c3ccccc3-c3ccccc32)C(=O)O)c1. The molecule has 0 bridgehead atoms. The smallest absolute Gasteiger partial charge is 0.407 e. The van der Waals surface area contributed by atoms with E-state index in [0.717, 1.165) is 33.4 Å². The summed E-state index contributed by atoms with van der Waals surface area (Å²) in [6.07, 6.45) is -0.623. The van der Waals surface area contributed by atoms with Crippen LogP contribution >= 0.6 is 0 Å². The molecule has 3 aromatic carbocycles. The zero-order chi connectivity index (χ0) is 22.7. The Bertz CT molecular complexity index is 1110. The maximum atomic E-state index is 12.5. The van der Waals surface area contributed by atoms with E-state index < -0.39 is 18.1 Å². The van der Waals surface area contributed by atoms with E-state index in [4.69, 9.17) is 9.47 Å². The maximum Gasteiger partial charge on any atom is 0.407 e. The molecule has 0 aromatic heterocycles. The Labute approximate surface area is 186 Å². The number of methoxy groups -OCH3 is 1. The van der Waals surface area contributed by atoms with E-state index in [1.165, 1.54) is 0 Å². The molecule has 0 aliphatic heterocycles. The van der Waals surface area contributed by atoms with Gasteiger partial charge in [-0.2, -0.15) is 0 Å². The second kappa shape index (κ2) is 9.14. The number of carboxylic acids is 1. The second-order valence-electron chi connectivity index (χ2n) is 7.86. The minimum absolute atomic E-state index is 0.0861. The number of carboxylic acid groups (broad SMARTS) is 1. The molecule has 0 heterocycles. The number of ether oxygens (including phenoxy) is 2. The lowest BCUT2D eigenvalue weighted by molar-refractivity contribution is -0.139. The lowest BCUT2D eigenvalue weighted by Gasteiger charge is -2.18. The van der Waals surface area contributed by atoms with E-state index in [-0.39, 0.29) is 18.9 Å². The van der Waals surface area contributed by atoms with Gasteiger partial charge in [-0.3, -0.25) is 0 Å². The van der Waals surface area contributed by atoms with Crippen LogP contribution in [0.15, 0.2) is 66.7 Å². The van der Waals surface area contributed by atoms with Crippen LogP contribution in [0, 0.1) is 6.92 Å². The number of aliphatic carboxylic acids is 1. The van der Waals surface area contributed by atoms with Gasteiger partial charge in [-0.25, -0.2) is 9.59 Å². The van der Waals surface area contributed by atoms with E-state index in [9.17, 15) is 14.7 Å². The van der Waals surface area contributed by atoms with Crippen molar-refractivity contribution in [1.29, 1.82) is 0 Å². The van der Waals surface area contributed by atoms with Crippen molar-refractivity contribution >= 4 is 12.1 Å². The molecule has 1 amide bonds. The van der Waals surface area contributed by atoms with E-state index >= 15 is 0 Å². The predicted molar refractivity (Wildman–Crippen MR) is 121 cm³/mol. The Balaban J connectivity index is 1.44. The average Bonchev–Trinajstić information content (AvgIpc) is 3.12. The molecule has 1 atom stereocenters. The van der Waals surface area contributed by atoms with Gasteiger partial charge < -0.3 is 19.9 Å². The molecule has 6 nitrogen and oxygen atoms in total. The van der Waals surface area contributed by atoms with Gasteiger partial charge in [0.25, 0.3) is 0 Å². The molecule has 2 N–H and O–H groups in total.